The molecular formula is C8H17NS. The number of rotatable bonds is 2. The van der Waals surface area contributed by atoms with E-state index in [4.69, 9.17) is 5.73 Å². The average Bonchev–Trinajstić information content (AvgIpc) is 1.95. The van der Waals surface area contributed by atoms with Crippen LogP contribution in [-0.4, -0.2) is 23.9 Å². The lowest BCUT2D eigenvalue weighted by atomic mass is 9.99. The van der Waals surface area contributed by atoms with E-state index in [1.54, 1.807) is 0 Å². The summed E-state index contributed by atoms with van der Waals surface area (Å²) in [5, 5.41) is 0. The van der Waals surface area contributed by atoms with Crippen molar-refractivity contribution in [3.8, 4) is 0 Å². The molecule has 0 aromatic carbocycles. The Labute approximate surface area is 65.9 Å². The Morgan fingerprint density at radius 2 is 2.00 bits per heavy atom. The summed E-state index contributed by atoms with van der Waals surface area (Å²) in [4.78, 5) is 0. The lowest BCUT2D eigenvalue weighted by Crippen LogP contribution is -2.15. The van der Waals surface area contributed by atoms with Crippen molar-refractivity contribution >= 4 is 16.4 Å². The minimum atomic E-state index is 0.495. The van der Waals surface area contributed by atoms with Gasteiger partial charge >= 0.3 is 0 Å². The number of hydrogen-bond acceptors (Lipinski definition) is 1. The second kappa shape index (κ2) is 4.14. The summed E-state index contributed by atoms with van der Waals surface area (Å²) < 4.78 is 0. The van der Waals surface area contributed by atoms with Crippen LogP contribution in [-0.2, 0) is 0 Å². The summed E-state index contributed by atoms with van der Waals surface area (Å²) in [6.07, 6.45) is 3.99. The fourth-order valence-corrected chi connectivity index (χ4v) is 2.97. The third-order valence-corrected chi connectivity index (χ3v) is 3.83. The van der Waals surface area contributed by atoms with E-state index in [2.05, 4.69) is 5.87 Å². The van der Waals surface area contributed by atoms with Crippen molar-refractivity contribution in [2.24, 2.45) is 11.7 Å². The van der Waals surface area contributed by atoms with E-state index in [1.165, 1.54) is 30.8 Å². The number of nitrogens with two attached hydrogens (primary N) is 1. The molecule has 0 aliphatic carbocycles. The van der Waals surface area contributed by atoms with Gasteiger partial charge in [-0.1, -0.05) is 5.87 Å². The highest BCUT2D eigenvalue weighted by atomic mass is 32.2. The first-order chi connectivity index (χ1) is 4.83. The minimum absolute atomic E-state index is 0.495. The summed E-state index contributed by atoms with van der Waals surface area (Å²) in [6.45, 7) is 0.871. The summed E-state index contributed by atoms with van der Waals surface area (Å²) in [5.74, 6) is 7.72. The normalized spacial score (nSPS) is 34.1. The van der Waals surface area contributed by atoms with Gasteiger partial charge < -0.3 is 5.73 Å². The van der Waals surface area contributed by atoms with Gasteiger partial charge in [0, 0.05) is 0 Å². The van der Waals surface area contributed by atoms with Crippen LogP contribution in [0.3, 0.4) is 0 Å². The molecule has 1 nitrogen and oxygen atoms in total. The molecule has 0 aromatic heterocycles. The molecule has 2 heteroatoms. The van der Waals surface area contributed by atoms with Crippen LogP contribution < -0.4 is 5.73 Å². The standard InChI is InChI=1S/C8H17NS/c1-10-6-3-8(2-5-9)4-7-10/h8H,1-7,9H2. The Morgan fingerprint density at radius 1 is 1.40 bits per heavy atom. The maximum atomic E-state index is 5.48. The van der Waals surface area contributed by atoms with Crippen molar-refractivity contribution in [3.63, 3.8) is 0 Å². The van der Waals surface area contributed by atoms with Gasteiger partial charge in [0.2, 0.25) is 0 Å². The molecule has 0 saturated carbocycles. The highest BCUT2D eigenvalue weighted by molar-refractivity contribution is 8.14. The van der Waals surface area contributed by atoms with E-state index < -0.39 is 0 Å². The van der Waals surface area contributed by atoms with Gasteiger partial charge in [0.05, 0.1) is 0 Å². The molecule has 1 fully saturated rings. The van der Waals surface area contributed by atoms with Crippen LogP contribution in [0.5, 0.6) is 0 Å². The summed E-state index contributed by atoms with van der Waals surface area (Å²) >= 11 is 0. The van der Waals surface area contributed by atoms with E-state index in [9.17, 15) is 0 Å². The van der Waals surface area contributed by atoms with Gasteiger partial charge in [-0.15, -0.1) is 0 Å². The Balaban J connectivity index is 2.19. The molecular weight excluding hydrogens is 142 g/mol. The van der Waals surface area contributed by atoms with Crippen LogP contribution >= 0.6 is 10.5 Å². The fraction of sp³-hybridized carbons (Fsp3) is 0.875. The molecule has 1 aliphatic rings. The largest absolute Gasteiger partial charge is 0.330 e. The van der Waals surface area contributed by atoms with E-state index in [-0.39, 0.29) is 0 Å². The fourth-order valence-electron chi connectivity index (χ4n) is 1.44. The van der Waals surface area contributed by atoms with Gasteiger partial charge in [0.1, 0.15) is 0 Å². The smallest absolute Gasteiger partial charge is 0.00746 e. The zero-order chi connectivity index (χ0) is 7.40. The minimum Gasteiger partial charge on any atom is -0.330 e. The van der Waals surface area contributed by atoms with Crippen LogP contribution in [0.4, 0.5) is 0 Å². The first-order valence-electron chi connectivity index (χ1n) is 4.00. The zero-order valence-electron chi connectivity index (χ0n) is 6.51. The second-order valence-corrected chi connectivity index (χ2v) is 5.08. The van der Waals surface area contributed by atoms with Crippen LogP contribution in [0.25, 0.3) is 0 Å². The van der Waals surface area contributed by atoms with Gasteiger partial charge in [-0.05, 0) is 43.2 Å². The monoisotopic (exact) mass is 159 g/mol. The third kappa shape index (κ3) is 2.43. The molecule has 1 heterocycles. The van der Waals surface area contributed by atoms with Gasteiger partial charge in [-0.25, -0.2) is 0 Å². The Kier molecular flexibility index (Phi) is 3.43. The quantitative estimate of drug-likeness (QED) is 0.606. The van der Waals surface area contributed by atoms with Gasteiger partial charge in [0.15, 0.2) is 0 Å². The summed E-state index contributed by atoms with van der Waals surface area (Å²) in [6, 6.07) is 0. The Bertz CT molecular complexity index is 112. The van der Waals surface area contributed by atoms with Crippen molar-refractivity contribution in [1.82, 2.24) is 0 Å². The molecule has 0 unspecified atom stereocenters. The first-order valence-corrected chi connectivity index (χ1v) is 5.73. The van der Waals surface area contributed by atoms with Crippen molar-refractivity contribution in [3.05, 3.63) is 0 Å². The molecule has 0 aromatic rings. The predicted molar refractivity (Wildman–Crippen MR) is 50.8 cm³/mol. The number of hydrogen-bond donors (Lipinski definition) is 1. The molecule has 2 N–H and O–H groups in total. The lowest BCUT2D eigenvalue weighted by Gasteiger charge is -2.23. The van der Waals surface area contributed by atoms with Crippen LogP contribution in [0.1, 0.15) is 19.3 Å². The van der Waals surface area contributed by atoms with Crippen molar-refractivity contribution in [2.45, 2.75) is 19.3 Å². The van der Waals surface area contributed by atoms with E-state index >= 15 is 0 Å². The predicted octanol–water partition coefficient (Wildman–Crippen LogP) is 1.45. The molecule has 1 aliphatic heterocycles. The highest BCUT2D eigenvalue weighted by Gasteiger charge is 2.13. The highest BCUT2D eigenvalue weighted by Crippen LogP contribution is 2.28. The summed E-state index contributed by atoms with van der Waals surface area (Å²) in [7, 11) is 0.495. The topological polar surface area (TPSA) is 26.0 Å². The van der Waals surface area contributed by atoms with Crippen LogP contribution in [0, 0.1) is 5.92 Å². The van der Waals surface area contributed by atoms with Crippen molar-refractivity contribution in [1.29, 1.82) is 0 Å². The average molecular weight is 159 g/mol. The molecule has 60 valence electrons. The molecule has 0 bridgehead atoms. The van der Waals surface area contributed by atoms with Crippen molar-refractivity contribution in [2.75, 3.05) is 18.1 Å². The van der Waals surface area contributed by atoms with Gasteiger partial charge in [-0.3, -0.25) is 0 Å². The molecule has 1 rings (SSSR count). The molecule has 0 atom stereocenters. The van der Waals surface area contributed by atoms with E-state index in [0.29, 0.717) is 10.5 Å². The molecule has 1 saturated heterocycles. The zero-order valence-corrected chi connectivity index (χ0v) is 7.33. The Hall–Kier alpha value is 0.180. The lowest BCUT2D eigenvalue weighted by molar-refractivity contribution is 0.460. The van der Waals surface area contributed by atoms with Gasteiger partial charge in [0.25, 0.3) is 0 Å². The first kappa shape index (κ1) is 8.28. The maximum Gasteiger partial charge on any atom is -0.00746 e. The van der Waals surface area contributed by atoms with Crippen LogP contribution in [0.15, 0.2) is 0 Å². The SMILES string of the molecule is C=S1CCC(CCN)CC1. The van der Waals surface area contributed by atoms with Gasteiger partial charge in [-0.2, -0.15) is 10.5 Å². The molecule has 10 heavy (non-hydrogen) atoms. The van der Waals surface area contributed by atoms with Crippen molar-refractivity contribution < 1.29 is 0 Å². The third-order valence-electron chi connectivity index (χ3n) is 2.20. The maximum absolute atomic E-state index is 5.48. The molecule has 0 spiro atoms. The van der Waals surface area contributed by atoms with E-state index in [0.717, 1.165) is 12.5 Å². The van der Waals surface area contributed by atoms with E-state index in [1.807, 2.05) is 0 Å². The second-order valence-electron chi connectivity index (χ2n) is 3.04. The van der Waals surface area contributed by atoms with Crippen LogP contribution in [0.2, 0.25) is 0 Å². The molecule has 0 radical (unpaired) electrons. The Morgan fingerprint density at radius 3 is 2.50 bits per heavy atom. The summed E-state index contributed by atoms with van der Waals surface area (Å²) in [5.41, 5.74) is 5.48. The molecule has 0 amide bonds.